The van der Waals surface area contributed by atoms with Gasteiger partial charge in [-0.1, -0.05) is 48.5 Å². The van der Waals surface area contributed by atoms with Crippen molar-refractivity contribution in [2.24, 2.45) is 0 Å². The zero-order valence-corrected chi connectivity index (χ0v) is 19.9. The molecule has 2 heterocycles. The van der Waals surface area contributed by atoms with Crippen LogP contribution in [0.25, 0.3) is 5.69 Å². The quantitative estimate of drug-likeness (QED) is 0.475. The van der Waals surface area contributed by atoms with Crippen LogP contribution in [0.1, 0.15) is 19.4 Å². The van der Waals surface area contributed by atoms with E-state index in [0.717, 1.165) is 5.56 Å². The lowest BCUT2D eigenvalue weighted by molar-refractivity contribution is 0.312. The first kappa shape index (κ1) is 23.4. The molecule has 1 unspecified atom stereocenters. The zero-order chi connectivity index (χ0) is 23.2. The lowest BCUT2D eigenvalue weighted by Gasteiger charge is -2.36. The number of rotatable bonds is 8. The maximum Gasteiger partial charge on any atom is 0.316 e. The van der Waals surface area contributed by atoms with Crippen LogP contribution < -0.4 is 15.2 Å². The highest BCUT2D eigenvalue weighted by molar-refractivity contribution is 7.89. The van der Waals surface area contributed by atoms with E-state index in [-0.39, 0.29) is 10.8 Å². The van der Waals surface area contributed by atoms with E-state index in [1.54, 1.807) is 6.20 Å². The number of piperazine rings is 1. The van der Waals surface area contributed by atoms with Gasteiger partial charge >= 0.3 is 5.56 Å². The van der Waals surface area contributed by atoms with E-state index in [1.165, 1.54) is 4.68 Å². The number of nitrogens with zero attached hydrogens (tertiary/aromatic N) is 4. The van der Waals surface area contributed by atoms with Gasteiger partial charge in [-0.3, -0.25) is 4.79 Å². The van der Waals surface area contributed by atoms with Gasteiger partial charge in [-0.25, -0.2) is 0 Å². The van der Waals surface area contributed by atoms with Crippen molar-refractivity contribution in [1.29, 1.82) is 0 Å². The molecule has 4 rings (SSSR count). The Morgan fingerprint density at radius 1 is 1.00 bits per heavy atom. The van der Waals surface area contributed by atoms with Crippen molar-refractivity contribution in [3.8, 4) is 11.4 Å². The maximum absolute atomic E-state index is 13.4. The van der Waals surface area contributed by atoms with Gasteiger partial charge in [0.2, 0.25) is 5.75 Å². The molecule has 0 saturated carbocycles. The van der Waals surface area contributed by atoms with E-state index in [9.17, 15) is 9.35 Å². The summed E-state index contributed by atoms with van der Waals surface area (Å²) >= 11 is -1.000. The first-order chi connectivity index (χ1) is 16.0. The van der Waals surface area contributed by atoms with Gasteiger partial charge in [0.15, 0.2) is 0 Å². The van der Waals surface area contributed by atoms with Crippen LogP contribution in [0.4, 0.5) is 5.69 Å². The first-order valence-electron chi connectivity index (χ1n) is 11.3. The Kier molecular flexibility index (Phi) is 7.69. The molecule has 0 bridgehead atoms. The minimum atomic E-state index is -1.000. The number of aromatic nitrogens is 2. The summed E-state index contributed by atoms with van der Waals surface area (Å²) in [4.78, 5) is 15.5. The van der Waals surface area contributed by atoms with Gasteiger partial charge in [-0.05, 0) is 31.5 Å². The third-order valence-corrected chi connectivity index (χ3v) is 7.31. The lowest BCUT2D eigenvalue weighted by Crippen LogP contribution is -2.50. The second-order valence-electron chi connectivity index (χ2n) is 8.24. The summed E-state index contributed by atoms with van der Waals surface area (Å²) in [6.07, 6.45) is 2.41. The van der Waals surface area contributed by atoms with Crippen LogP contribution in [0, 0.1) is 0 Å². The molecule has 174 valence electrons. The fourth-order valence-electron chi connectivity index (χ4n) is 3.87. The van der Waals surface area contributed by atoms with Crippen LogP contribution in [-0.4, -0.2) is 56.7 Å². The molecule has 1 saturated heterocycles. The first-order valence-corrected chi connectivity index (χ1v) is 12.5. The SMILES string of the molecule is CC(C)[S+]([O-])N1CCN(c2cnn(-c3ccccc3)c(=O)c2OCCc2ccccc2)CC1. The molecule has 33 heavy (non-hydrogen) atoms. The zero-order valence-electron chi connectivity index (χ0n) is 19.1. The third kappa shape index (κ3) is 5.58. The Morgan fingerprint density at radius 2 is 1.64 bits per heavy atom. The monoisotopic (exact) mass is 466 g/mol. The number of benzene rings is 2. The van der Waals surface area contributed by atoms with Gasteiger partial charge in [0.05, 0.1) is 31.6 Å². The Morgan fingerprint density at radius 3 is 2.27 bits per heavy atom. The third-order valence-electron chi connectivity index (χ3n) is 5.63. The van der Waals surface area contributed by atoms with Crippen molar-refractivity contribution in [3.05, 3.63) is 82.8 Å². The van der Waals surface area contributed by atoms with Crippen LogP contribution in [0.5, 0.6) is 5.75 Å². The number of anilines is 1. The number of hydrogen-bond acceptors (Lipinski definition) is 6. The minimum Gasteiger partial charge on any atom is -0.598 e. The summed E-state index contributed by atoms with van der Waals surface area (Å²) in [5.74, 6) is 0.309. The Balaban J connectivity index is 1.58. The average molecular weight is 467 g/mol. The van der Waals surface area contributed by atoms with Gasteiger partial charge in [0, 0.05) is 30.9 Å². The Labute approximate surface area is 197 Å². The molecule has 1 aliphatic heterocycles. The molecular formula is C25H30N4O3S. The molecule has 1 fully saturated rings. The van der Waals surface area contributed by atoms with Crippen LogP contribution in [-0.2, 0) is 17.8 Å². The van der Waals surface area contributed by atoms with Gasteiger partial charge < -0.3 is 14.2 Å². The summed E-state index contributed by atoms with van der Waals surface area (Å²) in [5, 5.41) is 4.53. The molecule has 3 aromatic rings. The molecule has 7 nitrogen and oxygen atoms in total. The normalized spacial score (nSPS) is 15.6. The second kappa shape index (κ2) is 10.9. The molecule has 0 aliphatic carbocycles. The number of hydrogen-bond donors (Lipinski definition) is 0. The highest BCUT2D eigenvalue weighted by atomic mass is 32.2. The second-order valence-corrected chi connectivity index (χ2v) is 10.2. The predicted octanol–water partition coefficient (Wildman–Crippen LogP) is 3.05. The molecule has 1 aromatic heterocycles. The van der Waals surface area contributed by atoms with Crippen molar-refractivity contribution in [1.82, 2.24) is 14.1 Å². The molecule has 0 spiro atoms. The van der Waals surface area contributed by atoms with E-state index < -0.39 is 11.4 Å². The maximum atomic E-state index is 13.4. The highest BCUT2D eigenvalue weighted by Crippen LogP contribution is 2.26. The van der Waals surface area contributed by atoms with E-state index in [0.29, 0.717) is 56.3 Å². The van der Waals surface area contributed by atoms with Crippen LogP contribution >= 0.6 is 0 Å². The fraction of sp³-hybridized carbons (Fsp3) is 0.360. The molecule has 1 atom stereocenters. The summed E-state index contributed by atoms with van der Waals surface area (Å²) in [7, 11) is 0. The molecule has 8 heteroatoms. The topological polar surface area (TPSA) is 73.7 Å². The van der Waals surface area contributed by atoms with E-state index >= 15 is 0 Å². The van der Waals surface area contributed by atoms with Gasteiger partial charge in [-0.2, -0.15) is 9.78 Å². The Bertz CT molecular complexity index is 1080. The summed E-state index contributed by atoms with van der Waals surface area (Å²) in [6, 6.07) is 19.4. The van der Waals surface area contributed by atoms with Crippen molar-refractivity contribution < 1.29 is 9.29 Å². The summed E-state index contributed by atoms with van der Waals surface area (Å²) < 4.78 is 22.0. The van der Waals surface area contributed by atoms with E-state index in [2.05, 4.69) is 10.00 Å². The molecule has 0 amide bonds. The van der Waals surface area contributed by atoms with Crippen molar-refractivity contribution in [2.75, 3.05) is 37.7 Å². The smallest absolute Gasteiger partial charge is 0.316 e. The molecule has 1 aliphatic rings. The molecule has 2 aromatic carbocycles. The molecular weight excluding hydrogens is 436 g/mol. The molecule has 0 radical (unpaired) electrons. The van der Waals surface area contributed by atoms with E-state index in [1.807, 2.05) is 78.8 Å². The highest BCUT2D eigenvalue weighted by Gasteiger charge is 2.30. The lowest BCUT2D eigenvalue weighted by atomic mass is 10.2. The fourth-order valence-corrected chi connectivity index (χ4v) is 4.99. The number of ether oxygens (including phenoxy) is 1. The minimum absolute atomic E-state index is 0.0879. The van der Waals surface area contributed by atoms with Gasteiger partial charge in [0.1, 0.15) is 10.9 Å². The van der Waals surface area contributed by atoms with Gasteiger partial charge in [-0.15, -0.1) is 4.31 Å². The summed E-state index contributed by atoms with van der Waals surface area (Å²) in [6.45, 7) is 6.96. The van der Waals surface area contributed by atoms with Crippen molar-refractivity contribution in [3.63, 3.8) is 0 Å². The largest absolute Gasteiger partial charge is 0.598 e. The number of para-hydroxylation sites is 1. The van der Waals surface area contributed by atoms with Crippen molar-refractivity contribution >= 4 is 17.0 Å². The standard InChI is InChI=1S/C25H30N4O3S/c1-20(2)33(31)28-16-14-27(15-17-28)23-19-26-29(22-11-7-4-8-12-22)25(30)24(23)32-18-13-21-9-5-3-6-10-21/h3-12,19-20H,13-18H2,1-2H3. The summed E-state index contributed by atoms with van der Waals surface area (Å²) in [5.41, 5.74) is 2.26. The molecule has 0 N–H and O–H groups in total. The van der Waals surface area contributed by atoms with Gasteiger partial charge in [0.25, 0.3) is 0 Å². The predicted molar refractivity (Wildman–Crippen MR) is 133 cm³/mol. The average Bonchev–Trinajstić information content (AvgIpc) is 2.85. The van der Waals surface area contributed by atoms with Crippen LogP contribution in [0.2, 0.25) is 0 Å². The van der Waals surface area contributed by atoms with Crippen LogP contribution in [0.3, 0.4) is 0 Å². The Hall–Kier alpha value is -2.81. The van der Waals surface area contributed by atoms with Crippen LogP contribution in [0.15, 0.2) is 71.7 Å². The van der Waals surface area contributed by atoms with E-state index in [4.69, 9.17) is 4.74 Å². The van der Waals surface area contributed by atoms with Crippen molar-refractivity contribution in [2.45, 2.75) is 25.5 Å².